The molecule has 0 saturated carbocycles. The van der Waals surface area contributed by atoms with E-state index in [2.05, 4.69) is 0 Å². The molecule has 0 N–H and O–H groups in total. The van der Waals surface area contributed by atoms with E-state index in [9.17, 15) is 22.4 Å². The summed E-state index contributed by atoms with van der Waals surface area (Å²) in [6, 6.07) is 3.23. The number of alkyl halides is 3. The van der Waals surface area contributed by atoms with Gasteiger partial charge in [0.05, 0.1) is 5.56 Å². The van der Waals surface area contributed by atoms with Crippen molar-refractivity contribution in [3.63, 3.8) is 0 Å². The highest BCUT2D eigenvalue weighted by Crippen LogP contribution is 2.28. The van der Waals surface area contributed by atoms with Crippen LogP contribution in [0.4, 0.5) is 17.6 Å². The summed E-state index contributed by atoms with van der Waals surface area (Å²) < 4.78 is 49.9. The van der Waals surface area contributed by atoms with Gasteiger partial charge in [-0.1, -0.05) is 26.8 Å². The summed E-state index contributed by atoms with van der Waals surface area (Å²) in [5.41, 5.74) is -0.898. The summed E-state index contributed by atoms with van der Waals surface area (Å²) in [7, 11) is 0. The molecule has 0 aliphatic rings. The van der Waals surface area contributed by atoms with Crippen LogP contribution in [0.15, 0.2) is 18.2 Å². The number of Topliss-reactive ketones (excluding diaryl/α,β-unsaturated/α-hetero) is 1. The average molecular weight is 248 g/mol. The number of halogens is 4. The number of hydrogen-bond donors (Lipinski definition) is 0. The van der Waals surface area contributed by atoms with Crippen LogP contribution in [0.3, 0.4) is 0 Å². The second-order valence-corrected chi connectivity index (χ2v) is 4.77. The highest BCUT2D eigenvalue weighted by atomic mass is 19.4. The van der Waals surface area contributed by atoms with Gasteiger partial charge in [0.1, 0.15) is 5.82 Å². The van der Waals surface area contributed by atoms with Crippen LogP contribution in [0.25, 0.3) is 0 Å². The normalized spacial score (nSPS) is 12.6. The van der Waals surface area contributed by atoms with E-state index >= 15 is 0 Å². The van der Waals surface area contributed by atoms with Crippen molar-refractivity contribution in [2.75, 3.05) is 0 Å². The molecule has 0 aliphatic carbocycles. The van der Waals surface area contributed by atoms with E-state index in [1.165, 1.54) is 6.07 Å². The number of carbonyl (C=O) groups excluding carboxylic acids is 1. The van der Waals surface area contributed by atoms with Crippen molar-refractivity contribution in [2.24, 2.45) is 0 Å². The van der Waals surface area contributed by atoms with Crippen molar-refractivity contribution in [2.45, 2.75) is 32.4 Å². The molecule has 1 rings (SSSR count). The molecule has 0 amide bonds. The molecule has 0 spiro atoms. The standard InChI is InChI=1S/C12H12F4O/c1-11(2,3)7-4-5-9(13)8(6-7)10(17)12(14,15)16/h4-6H,1-3H3. The second-order valence-electron chi connectivity index (χ2n) is 4.77. The van der Waals surface area contributed by atoms with Crippen LogP contribution in [0, 0.1) is 5.82 Å². The second kappa shape index (κ2) is 4.13. The number of benzene rings is 1. The number of hydrogen-bond acceptors (Lipinski definition) is 1. The first-order valence-electron chi connectivity index (χ1n) is 4.95. The molecule has 1 aromatic rings. The van der Waals surface area contributed by atoms with E-state index in [1.54, 1.807) is 20.8 Å². The van der Waals surface area contributed by atoms with Crippen LogP contribution in [-0.4, -0.2) is 12.0 Å². The van der Waals surface area contributed by atoms with Crippen molar-refractivity contribution in [3.05, 3.63) is 35.1 Å². The molecule has 0 radical (unpaired) electrons. The maximum absolute atomic E-state index is 13.2. The Kier molecular flexibility index (Phi) is 3.32. The van der Waals surface area contributed by atoms with Crippen molar-refractivity contribution >= 4 is 5.78 Å². The fourth-order valence-electron chi connectivity index (χ4n) is 1.32. The fourth-order valence-corrected chi connectivity index (χ4v) is 1.32. The van der Waals surface area contributed by atoms with Crippen molar-refractivity contribution in [1.82, 2.24) is 0 Å². The third-order valence-corrected chi connectivity index (χ3v) is 2.33. The Bertz CT molecular complexity index is 441. The van der Waals surface area contributed by atoms with E-state index in [4.69, 9.17) is 0 Å². The lowest BCUT2D eigenvalue weighted by Crippen LogP contribution is -2.24. The first-order valence-corrected chi connectivity index (χ1v) is 4.95. The highest BCUT2D eigenvalue weighted by Gasteiger charge is 2.41. The van der Waals surface area contributed by atoms with E-state index < -0.39 is 28.8 Å². The lowest BCUT2D eigenvalue weighted by Gasteiger charge is -2.20. The van der Waals surface area contributed by atoms with Gasteiger partial charge < -0.3 is 0 Å². The number of ketones is 1. The Morgan fingerprint density at radius 2 is 1.65 bits per heavy atom. The predicted octanol–water partition coefficient (Wildman–Crippen LogP) is 3.87. The van der Waals surface area contributed by atoms with Crippen LogP contribution in [0.1, 0.15) is 36.7 Å². The Hall–Kier alpha value is -1.39. The van der Waals surface area contributed by atoms with Crippen molar-refractivity contribution < 1.29 is 22.4 Å². The summed E-state index contributed by atoms with van der Waals surface area (Å²) in [4.78, 5) is 11.0. The predicted molar refractivity (Wildman–Crippen MR) is 55.5 cm³/mol. The van der Waals surface area contributed by atoms with Crippen molar-refractivity contribution in [3.8, 4) is 0 Å². The van der Waals surface area contributed by atoms with Crippen LogP contribution < -0.4 is 0 Å². The zero-order valence-electron chi connectivity index (χ0n) is 9.65. The molecular formula is C12H12F4O. The zero-order chi connectivity index (χ0) is 13.4. The lowest BCUT2D eigenvalue weighted by atomic mass is 9.85. The van der Waals surface area contributed by atoms with Crippen LogP contribution in [0.2, 0.25) is 0 Å². The topological polar surface area (TPSA) is 17.1 Å². The average Bonchev–Trinajstić information content (AvgIpc) is 2.14. The van der Waals surface area contributed by atoms with Gasteiger partial charge >= 0.3 is 6.18 Å². The Balaban J connectivity index is 3.30. The lowest BCUT2D eigenvalue weighted by molar-refractivity contribution is -0.0887. The maximum atomic E-state index is 13.2. The van der Waals surface area contributed by atoms with E-state index in [0.29, 0.717) is 5.56 Å². The molecule has 0 fully saturated rings. The third kappa shape index (κ3) is 3.05. The maximum Gasteiger partial charge on any atom is 0.454 e. The smallest absolute Gasteiger partial charge is 0.284 e. The van der Waals surface area contributed by atoms with E-state index in [0.717, 1.165) is 12.1 Å². The summed E-state index contributed by atoms with van der Waals surface area (Å²) in [6.07, 6.45) is -5.06. The molecule has 17 heavy (non-hydrogen) atoms. The SMILES string of the molecule is CC(C)(C)c1ccc(F)c(C(=O)C(F)(F)F)c1. The van der Waals surface area contributed by atoms with Gasteiger partial charge in [0.15, 0.2) is 0 Å². The van der Waals surface area contributed by atoms with Gasteiger partial charge in [0.25, 0.3) is 5.78 Å². The highest BCUT2D eigenvalue weighted by molar-refractivity contribution is 6.00. The van der Waals surface area contributed by atoms with Crippen LogP contribution in [0.5, 0.6) is 0 Å². The zero-order valence-corrected chi connectivity index (χ0v) is 9.65. The van der Waals surface area contributed by atoms with Gasteiger partial charge in [-0.3, -0.25) is 4.79 Å². The molecular weight excluding hydrogens is 236 g/mol. The minimum absolute atomic E-state index is 0.450. The van der Waals surface area contributed by atoms with Gasteiger partial charge in [-0.05, 0) is 23.1 Å². The van der Waals surface area contributed by atoms with Gasteiger partial charge in [-0.2, -0.15) is 13.2 Å². The molecule has 94 valence electrons. The van der Waals surface area contributed by atoms with E-state index in [1.807, 2.05) is 0 Å². The minimum Gasteiger partial charge on any atom is -0.284 e. The molecule has 0 heterocycles. The molecule has 0 aliphatic heterocycles. The monoisotopic (exact) mass is 248 g/mol. The molecule has 0 unspecified atom stereocenters. The number of carbonyl (C=O) groups is 1. The quantitative estimate of drug-likeness (QED) is 0.544. The molecule has 1 aromatic carbocycles. The van der Waals surface area contributed by atoms with Gasteiger partial charge in [-0.25, -0.2) is 4.39 Å². The summed E-state index contributed by atoms with van der Waals surface area (Å²) in [5.74, 6) is -3.30. The minimum atomic E-state index is -5.06. The number of rotatable bonds is 1. The first-order chi connectivity index (χ1) is 7.53. The Morgan fingerprint density at radius 3 is 2.06 bits per heavy atom. The summed E-state index contributed by atoms with van der Waals surface area (Å²) in [5, 5.41) is 0. The van der Waals surface area contributed by atoms with Gasteiger partial charge in [0.2, 0.25) is 0 Å². The largest absolute Gasteiger partial charge is 0.454 e. The van der Waals surface area contributed by atoms with Crippen molar-refractivity contribution in [1.29, 1.82) is 0 Å². The molecule has 0 bridgehead atoms. The molecule has 1 nitrogen and oxygen atoms in total. The van der Waals surface area contributed by atoms with Crippen LogP contribution >= 0.6 is 0 Å². The first kappa shape index (κ1) is 13.7. The summed E-state index contributed by atoms with van der Waals surface area (Å²) in [6.45, 7) is 5.30. The van der Waals surface area contributed by atoms with E-state index in [-0.39, 0.29) is 0 Å². The van der Waals surface area contributed by atoms with Gasteiger partial charge in [0, 0.05) is 0 Å². The molecule has 0 saturated heterocycles. The third-order valence-electron chi connectivity index (χ3n) is 2.33. The van der Waals surface area contributed by atoms with Gasteiger partial charge in [-0.15, -0.1) is 0 Å². The fraction of sp³-hybridized carbons (Fsp3) is 0.417. The van der Waals surface area contributed by atoms with Crippen LogP contribution in [-0.2, 0) is 5.41 Å². The Morgan fingerprint density at radius 1 is 1.12 bits per heavy atom. The Labute approximate surface area is 96.4 Å². The summed E-state index contributed by atoms with van der Waals surface area (Å²) >= 11 is 0. The molecule has 0 atom stereocenters. The molecule has 0 aromatic heterocycles. The molecule has 5 heteroatoms.